The van der Waals surface area contributed by atoms with Crippen molar-refractivity contribution in [1.82, 2.24) is 25.3 Å². The number of nitrogens with two attached hydrogens (primary N) is 1. The van der Waals surface area contributed by atoms with Crippen molar-refractivity contribution in [1.29, 1.82) is 0 Å². The van der Waals surface area contributed by atoms with E-state index < -0.39 is 37.7 Å². The van der Waals surface area contributed by atoms with Crippen LogP contribution >= 0.6 is 35.1 Å². The van der Waals surface area contributed by atoms with Crippen LogP contribution in [0.25, 0.3) is 4.85 Å². The molecular weight excluding hydrogens is 974 g/mol. The average molecular weight is 1060 g/mol. The highest BCUT2D eigenvalue weighted by atomic mass is 35.5. The average Bonchev–Trinajstić information content (AvgIpc) is 3.88. The van der Waals surface area contributed by atoms with Gasteiger partial charge in [-0.15, -0.1) is 32.8 Å². The maximum Gasteiger partial charge on any atom is 0.419 e. The standard InChI is InChI=1S/C20H31N3O6S.C12H26OSi.C8H13N3OS.C6H7N.C2H6.CO2.ClH/c1-8-27-16(24)15-22-21-14(30-15)13-9-12(10-13)11-23(17(25)28-19(2,3)4)18(26)29-20(5,6)7;1-10-7-11(8-10)9-13-14(5,6)12(2,3)4;9-3-5-1-6(2-5)8-11-10-7(4-12)13-8;1-5-3-6(4-5)7-2;1-2;2-1-3;/h12-13H,8-11H2,1-7H3;10-11H,7-9H2,1-6H3;5-6,12H,1-4,9H2;6H,1,3-4H2;1-2H3;;1H. The molecule has 2 amide bonds. The van der Waals surface area contributed by atoms with Crippen LogP contribution in [-0.2, 0) is 34.8 Å². The van der Waals surface area contributed by atoms with Crippen molar-refractivity contribution >= 4 is 67.7 Å². The third-order valence-corrected chi connectivity index (χ3v) is 18.5. The molecule has 3 N–H and O–H groups in total. The Labute approximate surface area is 433 Å². The summed E-state index contributed by atoms with van der Waals surface area (Å²) in [5.41, 5.74) is 5.32. The van der Waals surface area contributed by atoms with E-state index in [4.69, 9.17) is 45.6 Å². The number of aliphatic hydroxyl groups excluding tert-OH is 1. The second-order valence-corrected chi connectivity index (χ2v) is 28.2. The Morgan fingerprint density at radius 3 is 1.69 bits per heavy atom. The summed E-state index contributed by atoms with van der Waals surface area (Å²) in [6.45, 7) is 42.7. The van der Waals surface area contributed by atoms with Crippen LogP contribution in [0.15, 0.2) is 12.2 Å². The molecule has 398 valence electrons. The minimum atomic E-state index is -1.47. The predicted octanol–water partition coefficient (Wildman–Crippen LogP) is 11.4. The first-order chi connectivity index (χ1) is 32.1. The lowest BCUT2D eigenvalue weighted by molar-refractivity contribution is -0.191. The SMILES string of the molecule is CC.CC1CC(CO[Si](C)(C)C(C)(C)C)C1.CCOC(=O)c1nnc(C2CC(CN(C(=O)OC(C)(C)C)C(=O)OC(C)(C)C)C2)s1.Cl.NCC1CC(c2nnc(CO)s2)C1.O=C=O.[C-]#[N+]C1CC(=C)C1. The number of ether oxygens (including phenoxy) is 3. The Morgan fingerprint density at radius 2 is 1.31 bits per heavy atom. The largest absolute Gasteiger partial charge is 0.461 e. The number of nitrogens with zero attached hydrogens (tertiary/aromatic N) is 6. The molecule has 0 saturated heterocycles. The van der Waals surface area contributed by atoms with Crippen LogP contribution in [0, 0.1) is 30.2 Å². The zero-order chi connectivity index (χ0) is 52.9. The second kappa shape index (κ2) is 31.0. The maximum absolute atomic E-state index is 12.6. The van der Waals surface area contributed by atoms with Gasteiger partial charge >= 0.3 is 24.3 Å². The Bertz CT molecular complexity index is 1930. The Kier molecular flexibility index (Phi) is 29.4. The van der Waals surface area contributed by atoms with Crippen molar-refractivity contribution in [2.24, 2.45) is 29.4 Å². The highest BCUT2D eigenvalue weighted by Crippen LogP contribution is 2.44. The molecule has 2 heterocycles. The first-order valence-corrected chi connectivity index (χ1v) is 28.7. The van der Waals surface area contributed by atoms with Crippen LogP contribution < -0.4 is 5.73 Å². The van der Waals surface area contributed by atoms with Gasteiger partial charge in [-0.2, -0.15) is 9.59 Å². The summed E-state index contributed by atoms with van der Waals surface area (Å²) in [6.07, 6.45) is 7.18. The summed E-state index contributed by atoms with van der Waals surface area (Å²) < 4.78 is 21.9. The number of hydrogen-bond acceptors (Lipinski definition) is 17. The van der Waals surface area contributed by atoms with Crippen molar-refractivity contribution in [3.63, 3.8) is 0 Å². The lowest BCUT2D eigenvalue weighted by Gasteiger charge is -2.40. The number of halogens is 1. The van der Waals surface area contributed by atoms with Crippen LogP contribution in [0.1, 0.15) is 178 Å². The fraction of sp³-hybridized carbons (Fsp3) is 0.776. The summed E-state index contributed by atoms with van der Waals surface area (Å²) >= 11 is 2.74. The van der Waals surface area contributed by atoms with E-state index in [0.29, 0.717) is 21.9 Å². The van der Waals surface area contributed by atoms with E-state index in [1.807, 2.05) is 13.8 Å². The molecule has 2 aromatic rings. The third kappa shape index (κ3) is 23.7. The molecule has 4 aliphatic rings. The van der Waals surface area contributed by atoms with Gasteiger partial charge in [0.2, 0.25) is 11.0 Å². The molecule has 0 bridgehead atoms. The molecule has 0 aromatic carbocycles. The van der Waals surface area contributed by atoms with Gasteiger partial charge < -0.3 is 34.3 Å². The number of imide groups is 1. The molecular formula is C49H84ClN7O10S2Si. The molecule has 70 heavy (non-hydrogen) atoms. The van der Waals surface area contributed by atoms with Crippen LogP contribution in [0.2, 0.25) is 18.1 Å². The molecule has 0 unspecified atom stereocenters. The van der Waals surface area contributed by atoms with Crippen molar-refractivity contribution in [3.05, 3.63) is 43.6 Å². The van der Waals surface area contributed by atoms with Gasteiger partial charge in [-0.1, -0.05) is 76.4 Å². The van der Waals surface area contributed by atoms with Crippen molar-refractivity contribution < 1.29 is 47.7 Å². The first kappa shape index (κ1) is 66.3. The molecule has 0 atom stereocenters. The molecule has 4 aliphatic carbocycles. The molecule has 0 radical (unpaired) electrons. The zero-order valence-corrected chi connectivity index (χ0v) is 48.0. The Morgan fingerprint density at radius 1 is 0.843 bits per heavy atom. The summed E-state index contributed by atoms with van der Waals surface area (Å²) in [7, 11) is -1.47. The molecule has 21 heteroatoms. The minimum Gasteiger partial charge on any atom is -0.461 e. The topological polar surface area (TPSA) is 228 Å². The molecule has 2 aromatic heterocycles. The van der Waals surface area contributed by atoms with E-state index >= 15 is 0 Å². The number of aromatic nitrogens is 4. The summed E-state index contributed by atoms with van der Waals surface area (Å²) in [4.78, 5) is 57.5. The number of amides is 2. The first-order valence-electron chi connectivity index (χ1n) is 24.1. The van der Waals surface area contributed by atoms with Crippen LogP contribution in [0.5, 0.6) is 0 Å². The molecule has 0 aliphatic heterocycles. The number of esters is 1. The van der Waals surface area contributed by atoms with Crippen molar-refractivity contribution in [2.45, 2.75) is 195 Å². The van der Waals surface area contributed by atoms with Gasteiger partial charge in [0.1, 0.15) is 26.2 Å². The van der Waals surface area contributed by atoms with Gasteiger partial charge in [0.15, 0.2) is 8.32 Å². The number of rotatable bonds is 11. The van der Waals surface area contributed by atoms with Gasteiger partial charge in [-0.25, -0.2) is 25.9 Å². The molecule has 4 fully saturated rings. The van der Waals surface area contributed by atoms with E-state index in [9.17, 15) is 14.4 Å². The fourth-order valence-electron chi connectivity index (χ4n) is 6.95. The van der Waals surface area contributed by atoms with Crippen LogP contribution in [0.4, 0.5) is 9.59 Å². The van der Waals surface area contributed by atoms with Gasteiger partial charge in [0, 0.05) is 37.8 Å². The monoisotopic (exact) mass is 1060 g/mol. The van der Waals surface area contributed by atoms with E-state index in [2.05, 4.69) is 72.6 Å². The number of carbonyl (C=O) groups excluding carboxylic acids is 5. The predicted molar refractivity (Wildman–Crippen MR) is 278 cm³/mol. The fourth-order valence-corrected chi connectivity index (χ4v) is 9.72. The van der Waals surface area contributed by atoms with E-state index in [-0.39, 0.29) is 61.2 Å². The van der Waals surface area contributed by atoms with Gasteiger partial charge in [0.25, 0.3) is 0 Å². The lowest BCUT2D eigenvalue weighted by atomic mass is 9.75. The van der Waals surface area contributed by atoms with Gasteiger partial charge in [-0.3, -0.25) is 0 Å². The van der Waals surface area contributed by atoms with Crippen LogP contribution in [0.3, 0.4) is 0 Å². The summed E-state index contributed by atoms with van der Waals surface area (Å²) in [5, 5.41) is 27.9. The summed E-state index contributed by atoms with van der Waals surface area (Å²) in [6, 6.07) is 0.285. The van der Waals surface area contributed by atoms with Crippen molar-refractivity contribution in [3.8, 4) is 0 Å². The van der Waals surface area contributed by atoms with Gasteiger partial charge in [-0.05, 0) is 135 Å². The Balaban J connectivity index is 0.000000984. The molecule has 6 rings (SSSR count). The number of aliphatic hydroxyl groups is 1. The van der Waals surface area contributed by atoms with E-state index in [1.165, 1.54) is 41.1 Å². The number of hydrogen-bond donors (Lipinski definition) is 2. The zero-order valence-electron chi connectivity index (χ0n) is 44.5. The van der Waals surface area contributed by atoms with E-state index in [1.54, 1.807) is 48.5 Å². The highest BCUT2D eigenvalue weighted by molar-refractivity contribution is 7.13. The van der Waals surface area contributed by atoms with Crippen LogP contribution in [-0.4, -0.2) is 107 Å². The third-order valence-electron chi connectivity index (χ3n) is 11.9. The summed E-state index contributed by atoms with van der Waals surface area (Å²) in [5.74, 6) is 2.78. The smallest absolute Gasteiger partial charge is 0.419 e. The van der Waals surface area contributed by atoms with E-state index in [0.717, 1.165) is 78.4 Å². The highest BCUT2D eigenvalue weighted by Gasteiger charge is 2.41. The molecule has 0 spiro atoms. The lowest BCUT2D eigenvalue weighted by Crippen LogP contribution is -2.47. The molecule has 17 nitrogen and oxygen atoms in total. The van der Waals surface area contributed by atoms with Gasteiger partial charge in [0.05, 0.1) is 13.2 Å². The second-order valence-electron chi connectivity index (χ2n) is 21.3. The maximum atomic E-state index is 12.6. The number of carbonyl (C=O) groups is 3. The molecule has 4 saturated carbocycles. The normalized spacial score (nSPS) is 21.2. The Hall–Kier alpha value is -3.67. The van der Waals surface area contributed by atoms with Crippen molar-refractivity contribution in [2.75, 3.05) is 26.3 Å². The minimum absolute atomic E-state index is 0. The quantitative estimate of drug-likeness (QED) is 0.0701.